The van der Waals surface area contributed by atoms with Crippen LogP contribution in [-0.2, 0) is 14.3 Å². The molecule has 1 saturated carbocycles. The van der Waals surface area contributed by atoms with E-state index < -0.39 is 34.9 Å². The van der Waals surface area contributed by atoms with Crippen molar-refractivity contribution >= 4 is 5.78 Å². The zero-order chi connectivity index (χ0) is 22.0. The lowest BCUT2D eigenvalue weighted by molar-refractivity contribution is -0.118. The van der Waals surface area contributed by atoms with Gasteiger partial charge in [-0.1, -0.05) is 26.5 Å². The number of fused-ring (bicyclic) bond motifs is 4. The van der Waals surface area contributed by atoms with E-state index in [2.05, 4.69) is 6.58 Å². The molecule has 6 atom stereocenters. The minimum atomic E-state index is -0.945. The van der Waals surface area contributed by atoms with Gasteiger partial charge in [0, 0.05) is 29.2 Å². The van der Waals surface area contributed by atoms with Crippen LogP contribution in [0.25, 0.3) is 0 Å². The van der Waals surface area contributed by atoms with Gasteiger partial charge in [-0.15, -0.1) is 0 Å². The van der Waals surface area contributed by atoms with Gasteiger partial charge in [-0.05, 0) is 44.1 Å². The third-order valence-corrected chi connectivity index (χ3v) is 7.89. The van der Waals surface area contributed by atoms with Crippen LogP contribution < -0.4 is 0 Å². The Balaban J connectivity index is 2.00. The molecule has 3 aliphatic carbocycles. The topological polar surface area (TPSA) is 96.2 Å². The van der Waals surface area contributed by atoms with Crippen LogP contribution in [0.1, 0.15) is 46.5 Å². The van der Waals surface area contributed by atoms with Crippen molar-refractivity contribution in [1.29, 1.82) is 0 Å². The van der Waals surface area contributed by atoms with Crippen LogP contribution in [-0.4, -0.2) is 53.1 Å². The second-order valence-corrected chi connectivity index (χ2v) is 9.46. The average molecular weight is 417 g/mol. The second-order valence-electron chi connectivity index (χ2n) is 9.46. The van der Waals surface area contributed by atoms with E-state index in [4.69, 9.17) is 9.47 Å². The first-order chi connectivity index (χ1) is 14.1. The van der Waals surface area contributed by atoms with Crippen molar-refractivity contribution in [3.63, 3.8) is 0 Å². The largest absolute Gasteiger partial charge is 0.504 e. The van der Waals surface area contributed by atoms with Gasteiger partial charge in [-0.25, -0.2) is 0 Å². The Bertz CT molecular complexity index is 895. The van der Waals surface area contributed by atoms with E-state index in [1.165, 1.54) is 0 Å². The van der Waals surface area contributed by atoms with Gasteiger partial charge in [0.1, 0.15) is 11.9 Å². The highest BCUT2D eigenvalue weighted by atomic mass is 16.5. The Hall–Kier alpha value is -1.89. The van der Waals surface area contributed by atoms with Crippen LogP contribution in [0.4, 0.5) is 0 Å². The molecule has 30 heavy (non-hydrogen) atoms. The highest BCUT2D eigenvalue weighted by Crippen LogP contribution is 2.63. The number of carbonyl (C=O) groups is 1. The molecule has 0 bridgehead atoms. The maximum Gasteiger partial charge on any atom is 0.224 e. The molecule has 6 unspecified atom stereocenters. The van der Waals surface area contributed by atoms with Crippen LogP contribution in [0, 0.1) is 16.7 Å². The number of allylic oxidation sites excluding steroid dienone is 3. The van der Waals surface area contributed by atoms with Crippen molar-refractivity contribution in [2.24, 2.45) is 16.7 Å². The standard InChI is InChI=1S/C24H32O6/c1-6-7-13-12(2)30-17(11-29-5)24(4)19(13)22(28)21(27)18-14-8-9-16(26)23(14,3)10-15(25)20(18)24/h7,14-17,25-26,28H,2,6,8-11H2,1,3-5H3/b13-7-. The van der Waals surface area contributed by atoms with Gasteiger partial charge in [-0.3, -0.25) is 4.79 Å². The highest BCUT2D eigenvalue weighted by Gasteiger charge is 2.62. The first kappa shape index (κ1) is 21.3. The molecule has 6 nitrogen and oxygen atoms in total. The SMILES string of the molecule is C=C1OC(COC)C2(C)C(=C(O)C(=O)C3=C2C(O)CC2(C)C(O)CCC32)/C1=C\CC. The van der Waals surface area contributed by atoms with Gasteiger partial charge in [0.15, 0.2) is 5.76 Å². The number of methoxy groups -OCH3 is 1. The Morgan fingerprint density at radius 1 is 1.30 bits per heavy atom. The fourth-order valence-corrected chi connectivity index (χ4v) is 6.39. The molecule has 0 aromatic rings. The number of ether oxygens (including phenoxy) is 2. The van der Waals surface area contributed by atoms with Crippen LogP contribution in [0.2, 0.25) is 0 Å². The molecular formula is C24H32O6. The number of ketones is 1. The number of carbonyl (C=O) groups excluding carboxylic acids is 1. The lowest BCUT2D eigenvalue weighted by atomic mass is 9.53. The van der Waals surface area contributed by atoms with Crippen molar-refractivity contribution in [2.75, 3.05) is 13.7 Å². The van der Waals surface area contributed by atoms with Crippen LogP contribution in [0.5, 0.6) is 0 Å². The first-order valence-corrected chi connectivity index (χ1v) is 10.8. The summed E-state index contributed by atoms with van der Waals surface area (Å²) in [5.74, 6) is -0.583. The fraction of sp³-hybridized carbons (Fsp3) is 0.625. The van der Waals surface area contributed by atoms with Crippen molar-refractivity contribution in [3.05, 3.63) is 46.5 Å². The normalized spacial score (nSPS) is 42.3. The molecule has 4 rings (SSSR count). The Morgan fingerprint density at radius 3 is 2.63 bits per heavy atom. The maximum absolute atomic E-state index is 13.5. The quantitative estimate of drug-likeness (QED) is 0.654. The molecule has 1 heterocycles. The van der Waals surface area contributed by atoms with E-state index in [1.54, 1.807) is 7.11 Å². The van der Waals surface area contributed by atoms with Crippen LogP contribution in [0.3, 0.4) is 0 Å². The number of hydrogen-bond acceptors (Lipinski definition) is 6. The molecule has 6 heteroatoms. The molecule has 0 aromatic heterocycles. The summed E-state index contributed by atoms with van der Waals surface area (Å²) in [4.78, 5) is 13.5. The molecule has 1 saturated heterocycles. The summed E-state index contributed by atoms with van der Waals surface area (Å²) in [6.45, 7) is 10.0. The highest BCUT2D eigenvalue weighted by molar-refractivity contribution is 6.11. The molecule has 0 radical (unpaired) electrons. The second kappa shape index (κ2) is 7.08. The Morgan fingerprint density at radius 2 is 2.00 bits per heavy atom. The summed E-state index contributed by atoms with van der Waals surface area (Å²) in [6.07, 6.45) is 2.08. The van der Waals surface area contributed by atoms with Crippen LogP contribution in [0.15, 0.2) is 46.5 Å². The molecular weight excluding hydrogens is 384 g/mol. The van der Waals surface area contributed by atoms with Gasteiger partial charge in [0.25, 0.3) is 0 Å². The summed E-state index contributed by atoms with van der Waals surface area (Å²) in [5.41, 5.74) is 0.585. The average Bonchev–Trinajstić information content (AvgIpc) is 2.97. The minimum absolute atomic E-state index is 0.216. The predicted octanol–water partition coefficient (Wildman–Crippen LogP) is 3.12. The van der Waals surface area contributed by atoms with Gasteiger partial charge >= 0.3 is 0 Å². The predicted molar refractivity (Wildman–Crippen MR) is 112 cm³/mol. The van der Waals surface area contributed by atoms with Crippen molar-refractivity contribution < 1.29 is 29.6 Å². The van der Waals surface area contributed by atoms with Gasteiger partial charge < -0.3 is 24.8 Å². The number of Topliss-reactive ketones (excluding diaryl/α,β-unsaturated/α-hetero) is 1. The Kier molecular flexibility index (Phi) is 5.03. The van der Waals surface area contributed by atoms with E-state index in [9.17, 15) is 20.1 Å². The first-order valence-electron chi connectivity index (χ1n) is 10.8. The summed E-state index contributed by atoms with van der Waals surface area (Å²) in [6, 6.07) is 0. The van der Waals surface area contributed by atoms with E-state index in [0.717, 1.165) is 0 Å². The van der Waals surface area contributed by atoms with Gasteiger partial charge in [0.2, 0.25) is 5.78 Å². The smallest absolute Gasteiger partial charge is 0.224 e. The summed E-state index contributed by atoms with van der Waals surface area (Å²) >= 11 is 0. The van der Waals surface area contributed by atoms with Crippen molar-refractivity contribution in [3.8, 4) is 0 Å². The molecule has 164 valence electrons. The van der Waals surface area contributed by atoms with E-state index in [-0.39, 0.29) is 18.3 Å². The molecule has 0 amide bonds. The Labute approximate surface area is 177 Å². The van der Waals surface area contributed by atoms with E-state index in [0.29, 0.717) is 53.7 Å². The number of hydrogen-bond donors (Lipinski definition) is 3. The zero-order valence-electron chi connectivity index (χ0n) is 18.2. The molecule has 4 aliphatic rings. The molecule has 3 N–H and O–H groups in total. The molecule has 0 spiro atoms. The van der Waals surface area contributed by atoms with Gasteiger partial charge in [-0.2, -0.15) is 0 Å². The molecule has 0 aromatic carbocycles. The van der Waals surface area contributed by atoms with E-state index >= 15 is 0 Å². The summed E-state index contributed by atoms with van der Waals surface area (Å²) < 4.78 is 11.6. The lowest BCUT2D eigenvalue weighted by Gasteiger charge is -2.54. The fourth-order valence-electron chi connectivity index (χ4n) is 6.39. The number of aliphatic hydroxyl groups excluding tert-OH is 3. The van der Waals surface area contributed by atoms with Crippen molar-refractivity contribution in [2.45, 2.75) is 64.8 Å². The van der Waals surface area contributed by atoms with E-state index in [1.807, 2.05) is 26.8 Å². The zero-order valence-corrected chi connectivity index (χ0v) is 18.2. The summed E-state index contributed by atoms with van der Waals surface area (Å²) in [7, 11) is 1.57. The monoisotopic (exact) mass is 416 g/mol. The van der Waals surface area contributed by atoms with Crippen molar-refractivity contribution in [1.82, 2.24) is 0 Å². The summed E-state index contributed by atoms with van der Waals surface area (Å²) in [5, 5.41) is 33.2. The number of aliphatic hydroxyl groups is 3. The third kappa shape index (κ3) is 2.57. The third-order valence-electron chi connectivity index (χ3n) is 7.89. The number of rotatable bonds is 3. The molecule has 2 fully saturated rings. The lowest BCUT2D eigenvalue weighted by Crippen LogP contribution is -2.55. The van der Waals surface area contributed by atoms with Crippen LogP contribution >= 0.6 is 0 Å². The van der Waals surface area contributed by atoms with Gasteiger partial charge in [0.05, 0.1) is 24.2 Å². The maximum atomic E-state index is 13.5. The molecule has 1 aliphatic heterocycles. The minimum Gasteiger partial charge on any atom is -0.504 e.